The van der Waals surface area contributed by atoms with Crippen molar-refractivity contribution < 1.29 is 5.21 Å². The van der Waals surface area contributed by atoms with Gasteiger partial charge in [-0.3, -0.25) is 0 Å². The molecule has 4 heteroatoms. The highest BCUT2D eigenvalue weighted by molar-refractivity contribution is 5.96. The predicted molar refractivity (Wildman–Crippen MR) is 48.9 cm³/mol. The molecular weight excluding hydrogens is 166 g/mol. The lowest BCUT2D eigenvalue weighted by molar-refractivity contribution is 0.322. The first-order valence-electron chi connectivity index (χ1n) is 3.78. The van der Waals surface area contributed by atoms with E-state index in [-0.39, 0.29) is 0 Å². The van der Waals surface area contributed by atoms with Crippen LogP contribution in [-0.2, 0) is 0 Å². The normalized spacial score (nSPS) is 11.1. The first-order valence-corrected chi connectivity index (χ1v) is 3.78. The van der Waals surface area contributed by atoms with E-state index in [1.54, 1.807) is 6.20 Å². The van der Waals surface area contributed by atoms with Crippen molar-refractivity contribution in [2.75, 3.05) is 0 Å². The SMILES string of the molecule is ON=Cc1cccc2cncnc12. The van der Waals surface area contributed by atoms with Crippen molar-refractivity contribution in [3.8, 4) is 0 Å². The minimum Gasteiger partial charge on any atom is -0.411 e. The average Bonchev–Trinajstić information content (AvgIpc) is 2.19. The third kappa shape index (κ3) is 1.33. The van der Waals surface area contributed by atoms with E-state index >= 15 is 0 Å². The number of benzene rings is 1. The molecule has 0 saturated carbocycles. The van der Waals surface area contributed by atoms with Crippen molar-refractivity contribution in [1.29, 1.82) is 0 Å². The van der Waals surface area contributed by atoms with Gasteiger partial charge in [0.2, 0.25) is 0 Å². The van der Waals surface area contributed by atoms with Gasteiger partial charge in [-0.05, 0) is 0 Å². The van der Waals surface area contributed by atoms with Gasteiger partial charge < -0.3 is 5.21 Å². The summed E-state index contributed by atoms with van der Waals surface area (Å²) in [7, 11) is 0. The molecule has 0 bridgehead atoms. The van der Waals surface area contributed by atoms with Crippen LogP contribution in [-0.4, -0.2) is 21.4 Å². The second kappa shape index (κ2) is 3.18. The Kier molecular flexibility index (Phi) is 1.88. The summed E-state index contributed by atoms with van der Waals surface area (Å²) in [5.74, 6) is 0. The first kappa shape index (κ1) is 7.67. The van der Waals surface area contributed by atoms with E-state index in [1.165, 1.54) is 12.5 Å². The standard InChI is InChI=1S/C9H7N3O/c13-12-5-8-3-1-2-7-4-10-6-11-9(7)8/h1-6,13H. The van der Waals surface area contributed by atoms with Gasteiger partial charge in [0.05, 0.1) is 11.7 Å². The van der Waals surface area contributed by atoms with E-state index in [9.17, 15) is 0 Å². The Morgan fingerprint density at radius 1 is 1.38 bits per heavy atom. The lowest BCUT2D eigenvalue weighted by atomic mass is 10.1. The fourth-order valence-corrected chi connectivity index (χ4v) is 1.20. The number of hydrogen-bond acceptors (Lipinski definition) is 4. The molecule has 2 rings (SSSR count). The minimum absolute atomic E-state index is 0.780. The third-order valence-corrected chi connectivity index (χ3v) is 1.76. The fraction of sp³-hybridized carbons (Fsp3) is 0. The van der Waals surface area contributed by atoms with Gasteiger partial charge in [-0.15, -0.1) is 0 Å². The van der Waals surface area contributed by atoms with E-state index in [0.717, 1.165) is 16.5 Å². The second-order valence-electron chi connectivity index (χ2n) is 2.55. The number of fused-ring (bicyclic) bond motifs is 1. The topological polar surface area (TPSA) is 58.4 Å². The molecule has 0 aliphatic carbocycles. The molecule has 0 radical (unpaired) electrons. The molecule has 1 N–H and O–H groups in total. The molecule has 0 spiro atoms. The summed E-state index contributed by atoms with van der Waals surface area (Å²) in [6.07, 6.45) is 4.55. The van der Waals surface area contributed by atoms with Gasteiger partial charge in [-0.25, -0.2) is 9.97 Å². The van der Waals surface area contributed by atoms with Crippen molar-refractivity contribution in [3.63, 3.8) is 0 Å². The number of hydrogen-bond donors (Lipinski definition) is 1. The highest BCUT2D eigenvalue weighted by Crippen LogP contribution is 2.12. The highest BCUT2D eigenvalue weighted by atomic mass is 16.4. The van der Waals surface area contributed by atoms with Crippen LogP contribution < -0.4 is 0 Å². The number of nitrogens with zero attached hydrogens (tertiary/aromatic N) is 3. The molecule has 2 aromatic rings. The maximum Gasteiger partial charge on any atom is 0.116 e. The molecule has 64 valence electrons. The van der Waals surface area contributed by atoms with Crippen molar-refractivity contribution >= 4 is 17.1 Å². The van der Waals surface area contributed by atoms with E-state index in [0.29, 0.717) is 0 Å². The fourth-order valence-electron chi connectivity index (χ4n) is 1.20. The van der Waals surface area contributed by atoms with Gasteiger partial charge in [-0.1, -0.05) is 23.4 Å². The monoisotopic (exact) mass is 173 g/mol. The van der Waals surface area contributed by atoms with E-state index < -0.39 is 0 Å². The van der Waals surface area contributed by atoms with Crippen LogP contribution >= 0.6 is 0 Å². The van der Waals surface area contributed by atoms with Crippen LogP contribution in [0.1, 0.15) is 5.56 Å². The quantitative estimate of drug-likeness (QED) is 0.403. The summed E-state index contributed by atoms with van der Waals surface area (Å²) >= 11 is 0. The largest absolute Gasteiger partial charge is 0.411 e. The average molecular weight is 173 g/mol. The molecule has 0 atom stereocenters. The summed E-state index contributed by atoms with van der Waals surface area (Å²) in [6.45, 7) is 0. The van der Waals surface area contributed by atoms with Crippen LogP contribution in [0.25, 0.3) is 10.9 Å². The molecule has 1 aromatic heterocycles. The minimum atomic E-state index is 0.780. The zero-order valence-corrected chi connectivity index (χ0v) is 6.75. The van der Waals surface area contributed by atoms with Gasteiger partial charge in [0.15, 0.2) is 0 Å². The number of para-hydroxylation sites is 1. The second-order valence-corrected chi connectivity index (χ2v) is 2.55. The van der Waals surface area contributed by atoms with Gasteiger partial charge in [-0.2, -0.15) is 0 Å². The van der Waals surface area contributed by atoms with E-state index in [1.807, 2.05) is 18.2 Å². The Balaban J connectivity index is 2.75. The maximum absolute atomic E-state index is 8.41. The van der Waals surface area contributed by atoms with Crippen molar-refractivity contribution in [3.05, 3.63) is 36.3 Å². The van der Waals surface area contributed by atoms with Gasteiger partial charge in [0.25, 0.3) is 0 Å². The van der Waals surface area contributed by atoms with Crippen LogP contribution in [0.3, 0.4) is 0 Å². The third-order valence-electron chi connectivity index (χ3n) is 1.76. The summed E-state index contributed by atoms with van der Waals surface area (Å²) < 4.78 is 0. The maximum atomic E-state index is 8.41. The molecule has 0 aliphatic rings. The molecule has 0 saturated heterocycles. The molecule has 0 amide bonds. The lowest BCUT2D eigenvalue weighted by Gasteiger charge is -1.97. The highest BCUT2D eigenvalue weighted by Gasteiger charge is 1.98. The summed E-state index contributed by atoms with van der Waals surface area (Å²) in [5.41, 5.74) is 1.57. The number of oxime groups is 1. The first-order chi connectivity index (χ1) is 6.42. The zero-order chi connectivity index (χ0) is 9.10. The van der Waals surface area contributed by atoms with E-state index in [4.69, 9.17) is 5.21 Å². The van der Waals surface area contributed by atoms with Gasteiger partial charge in [0.1, 0.15) is 6.33 Å². The van der Waals surface area contributed by atoms with Crippen LogP contribution in [0.2, 0.25) is 0 Å². The Bertz CT molecular complexity index is 448. The van der Waals surface area contributed by atoms with E-state index in [2.05, 4.69) is 15.1 Å². The molecule has 1 aromatic carbocycles. The predicted octanol–water partition coefficient (Wildman–Crippen LogP) is 1.44. The Morgan fingerprint density at radius 3 is 3.15 bits per heavy atom. The number of rotatable bonds is 1. The lowest BCUT2D eigenvalue weighted by Crippen LogP contribution is -1.88. The molecule has 0 aliphatic heterocycles. The smallest absolute Gasteiger partial charge is 0.116 e. The van der Waals surface area contributed by atoms with Crippen LogP contribution in [0.15, 0.2) is 35.9 Å². The number of aromatic nitrogens is 2. The Labute approximate surface area is 74.6 Å². The molecule has 4 nitrogen and oxygen atoms in total. The van der Waals surface area contributed by atoms with Gasteiger partial charge in [0, 0.05) is 17.1 Å². The molecule has 0 fully saturated rings. The molecule has 13 heavy (non-hydrogen) atoms. The summed E-state index contributed by atoms with van der Waals surface area (Å²) in [4.78, 5) is 7.98. The van der Waals surface area contributed by atoms with Crippen molar-refractivity contribution in [2.24, 2.45) is 5.16 Å². The van der Waals surface area contributed by atoms with Crippen molar-refractivity contribution in [1.82, 2.24) is 9.97 Å². The van der Waals surface area contributed by atoms with Crippen LogP contribution in [0.5, 0.6) is 0 Å². The van der Waals surface area contributed by atoms with Crippen LogP contribution in [0, 0.1) is 0 Å². The van der Waals surface area contributed by atoms with Crippen LogP contribution in [0.4, 0.5) is 0 Å². The summed E-state index contributed by atoms with van der Waals surface area (Å²) in [5, 5.41) is 12.3. The Morgan fingerprint density at radius 2 is 2.31 bits per heavy atom. The molecule has 0 unspecified atom stereocenters. The molecule has 1 heterocycles. The summed E-state index contributed by atoms with van der Waals surface area (Å²) in [6, 6.07) is 5.60. The molecular formula is C9H7N3O. The van der Waals surface area contributed by atoms with Crippen molar-refractivity contribution in [2.45, 2.75) is 0 Å². The Hall–Kier alpha value is -1.97. The van der Waals surface area contributed by atoms with Gasteiger partial charge >= 0.3 is 0 Å². The zero-order valence-electron chi connectivity index (χ0n) is 6.75.